The van der Waals surface area contributed by atoms with E-state index < -0.39 is 18.1 Å². The Kier molecular flexibility index (Phi) is 5.04. The number of fused-ring (bicyclic) bond motifs is 1. The molecule has 0 saturated carbocycles. The van der Waals surface area contributed by atoms with Crippen LogP contribution in [0.4, 0.5) is 13.2 Å². The van der Waals surface area contributed by atoms with Crippen LogP contribution in [0.1, 0.15) is 22.7 Å². The molecule has 0 fully saturated rings. The number of amidine groups is 1. The highest BCUT2D eigenvalue weighted by atomic mass is 19.4. The Morgan fingerprint density at radius 3 is 2.56 bits per heavy atom. The second-order valence-electron chi connectivity index (χ2n) is 5.98. The van der Waals surface area contributed by atoms with Gasteiger partial charge in [-0.25, -0.2) is 0 Å². The van der Waals surface area contributed by atoms with Gasteiger partial charge in [-0.2, -0.15) is 13.2 Å². The number of rotatable bonds is 2. The molecule has 0 saturated heterocycles. The molecule has 1 amide bonds. The Labute approximate surface area is 152 Å². The van der Waals surface area contributed by atoms with Crippen molar-refractivity contribution < 1.29 is 27.9 Å². The summed E-state index contributed by atoms with van der Waals surface area (Å²) in [6.07, 6.45) is -5.01. The summed E-state index contributed by atoms with van der Waals surface area (Å²) >= 11 is 0. The number of hydroxylamine groups is 1. The standard InChI is InChI=1S/C18H16F3N3O3/c19-18(20,21)17(25)24-9-13-7-6-12(16(22)23-26)8-15(13)27-10-14(24)11-4-2-1-3-5-11/h1-8,14,26H,9-10H2,(H2,22,23)/t14-/m1/s1. The van der Waals surface area contributed by atoms with Crippen molar-refractivity contribution in [1.82, 2.24) is 10.4 Å². The molecule has 9 heteroatoms. The van der Waals surface area contributed by atoms with Crippen molar-refractivity contribution in [3.05, 3.63) is 65.2 Å². The molecule has 0 aliphatic carbocycles. The zero-order chi connectivity index (χ0) is 19.6. The number of ether oxygens (including phenoxy) is 1. The lowest BCUT2D eigenvalue weighted by atomic mass is 10.0. The molecule has 1 aliphatic rings. The zero-order valence-corrected chi connectivity index (χ0v) is 14.0. The van der Waals surface area contributed by atoms with Crippen LogP contribution < -0.4 is 10.2 Å². The van der Waals surface area contributed by atoms with Gasteiger partial charge in [0.25, 0.3) is 0 Å². The predicted molar refractivity (Wildman–Crippen MR) is 89.5 cm³/mol. The number of amides is 1. The van der Waals surface area contributed by atoms with Gasteiger partial charge in [-0.05, 0) is 11.6 Å². The fraction of sp³-hybridized carbons (Fsp3) is 0.222. The molecule has 6 nitrogen and oxygen atoms in total. The number of hydrogen-bond donors (Lipinski definition) is 3. The number of halogens is 3. The molecule has 3 rings (SSSR count). The minimum atomic E-state index is -5.01. The first-order valence-electron chi connectivity index (χ1n) is 7.98. The van der Waals surface area contributed by atoms with Crippen LogP contribution in [-0.4, -0.2) is 34.6 Å². The molecule has 1 aliphatic heterocycles. The lowest BCUT2D eigenvalue weighted by Crippen LogP contribution is -2.43. The molecule has 0 aromatic heterocycles. The second-order valence-corrected chi connectivity index (χ2v) is 5.98. The topological polar surface area (TPSA) is 85.7 Å². The molecule has 2 aromatic rings. The Morgan fingerprint density at radius 2 is 1.93 bits per heavy atom. The minimum absolute atomic E-state index is 0.178. The van der Waals surface area contributed by atoms with Gasteiger partial charge in [0.1, 0.15) is 18.2 Å². The van der Waals surface area contributed by atoms with Crippen LogP contribution in [0.5, 0.6) is 5.75 Å². The van der Waals surface area contributed by atoms with Gasteiger partial charge in [-0.3, -0.25) is 20.9 Å². The van der Waals surface area contributed by atoms with Crippen molar-refractivity contribution in [1.29, 1.82) is 5.41 Å². The average Bonchev–Trinajstić information content (AvgIpc) is 2.85. The number of benzene rings is 2. The summed E-state index contributed by atoms with van der Waals surface area (Å²) in [6, 6.07) is 11.8. The molecule has 2 aromatic carbocycles. The van der Waals surface area contributed by atoms with Crippen LogP contribution in [0.15, 0.2) is 48.5 Å². The van der Waals surface area contributed by atoms with E-state index in [1.165, 1.54) is 18.2 Å². The Balaban J connectivity index is 2.02. The largest absolute Gasteiger partial charge is 0.491 e. The highest BCUT2D eigenvalue weighted by Crippen LogP contribution is 2.35. The SMILES string of the molecule is N=C(NO)c1ccc2c(c1)OC[C@H](c1ccccc1)N(C(=O)C(F)(F)F)C2. The Morgan fingerprint density at radius 1 is 1.22 bits per heavy atom. The monoisotopic (exact) mass is 379 g/mol. The van der Waals surface area contributed by atoms with Crippen LogP contribution in [0.2, 0.25) is 0 Å². The number of nitrogens with one attached hydrogen (secondary N) is 2. The number of hydrogen-bond acceptors (Lipinski definition) is 4. The molecule has 3 N–H and O–H groups in total. The van der Waals surface area contributed by atoms with E-state index in [1.807, 2.05) is 0 Å². The van der Waals surface area contributed by atoms with E-state index in [0.29, 0.717) is 16.7 Å². The van der Waals surface area contributed by atoms with E-state index in [1.54, 1.807) is 35.8 Å². The fourth-order valence-electron chi connectivity index (χ4n) is 2.92. The molecular weight excluding hydrogens is 363 g/mol. The van der Waals surface area contributed by atoms with Gasteiger partial charge in [-0.1, -0.05) is 42.5 Å². The van der Waals surface area contributed by atoms with Crippen LogP contribution in [0.25, 0.3) is 0 Å². The molecule has 142 valence electrons. The summed E-state index contributed by atoms with van der Waals surface area (Å²) in [6.45, 7) is -0.477. The highest BCUT2D eigenvalue weighted by molar-refractivity contribution is 5.96. The van der Waals surface area contributed by atoms with Crippen molar-refractivity contribution in [3.63, 3.8) is 0 Å². The normalized spacial score (nSPS) is 16.7. The van der Waals surface area contributed by atoms with Gasteiger partial charge in [0.05, 0.1) is 12.6 Å². The summed E-state index contributed by atoms with van der Waals surface area (Å²) in [5, 5.41) is 16.4. The van der Waals surface area contributed by atoms with Crippen molar-refractivity contribution in [3.8, 4) is 5.75 Å². The third-order valence-corrected chi connectivity index (χ3v) is 4.27. The van der Waals surface area contributed by atoms with E-state index in [0.717, 1.165) is 4.90 Å². The van der Waals surface area contributed by atoms with E-state index in [-0.39, 0.29) is 24.7 Å². The molecule has 0 spiro atoms. The van der Waals surface area contributed by atoms with Gasteiger partial charge >= 0.3 is 12.1 Å². The first kappa shape index (κ1) is 18.7. The molecule has 0 bridgehead atoms. The molecule has 1 atom stereocenters. The maximum absolute atomic E-state index is 13.2. The molecule has 0 radical (unpaired) electrons. The minimum Gasteiger partial charge on any atom is -0.491 e. The maximum atomic E-state index is 13.2. The highest BCUT2D eigenvalue weighted by Gasteiger charge is 2.46. The van der Waals surface area contributed by atoms with Crippen LogP contribution in [0, 0.1) is 5.41 Å². The predicted octanol–water partition coefficient (Wildman–Crippen LogP) is 3.02. The quantitative estimate of drug-likeness (QED) is 0.425. The van der Waals surface area contributed by atoms with Crippen molar-refractivity contribution in [2.24, 2.45) is 0 Å². The lowest BCUT2D eigenvalue weighted by molar-refractivity contribution is -0.189. The lowest BCUT2D eigenvalue weighted by Gasteiger charge is -2.30. The molecular formula is C18H16F3N3O3. The zero-order valence-electron chi connectivity index (χ0n) is 14.0. The molecule has 27 heavy (non-hydrogen) atoms. The Bertz CT molecular complexity index is 856. The third-order valence-electron chi connectivity index (χ3n) is 4.27. The van der Waals surface area contributed by atoms with Gasteiger partial charge in [0.2, 0.25) is 0 Å². The Hall–Kier alpha value is -3.07. The van der Waals surface area contributed by atoms with Crippen LogP contribution in [0.3, 0.4) is 0 Å². The van der Waals surface area contributed by atoms with E-state index in [4.69, 9.17) is 15.4 Å². The van der Waals surface area contributed by atoms with Gasteiger partial charge in [-0.15, -0.1) is 0 Å². The van der Waals surface area contributed by atoms with E-state index >= 15 is 0 Å². The average molecular weight is 379 g/mol. The summed E-state index contributed by atoms with van der Waals surface area (Å²) in [4.78, 5) is 12.8. The van der Waals surface area contributed by atoms with Gasteiger partial charge < -0.3 is 9.64 Å². The van der Waals surface area contributed by atoms with E-state index in [9.17, 15) is 18.0 Å². The summed E-state index contributed by atoms with van der Waals surface area (Å²) in [7, 11) is 0. The van der Waals surface area contributed by atoms with Crippen LogP contribution >= 0.6 is 0 Å². The van der Waals surface area contributed by atoms with E-state index in [2.05, 4.69) is 0 Å². The maximum Gasteiger partial charge on any atom is 0.471 e. The number of carbonyl (C=O) groups is 1. The van der Waals surface area contributed by atoms with Gasteiger partial charge in [0, 0.05) is 11.1 Å². The first-order chi connectivity index (χ1) is 12.8. The van der Waals surface area contributed by atoms with Crippen molar-refractivity contribution >= 4 is 11.7 Å². The van der Waals surface area contributed by atoms with Gasteiger partial charge in [0.15, 0.2) is 0 Å². The third kappa shape index (κ3) is 3.87. The number of carbonyl (C=O) groups excluding carboxylic acids is 1. The molecule has 0 unspecified atom stereocenters. The number of nitrogens with zero attached hydrogens (tertiary/aromatic N) is 1. The van der Waals surface area contributed by atoms with Crippen molar-refractivity contribution in [2.75, 3.05) is 6.61 Å². The number of alkyl halides is 3. The fourth-order valence-corrected chi connectivity index (χ4v) is 2.92. The summed E-state index contributed by atoms with van der Waals surface area (Å²) < 4.78 is 45.1. The molecule has 1 heterocycles. The van der Waals surface area contributed by atoms with Crippen molar-refractivity contribution in [2.45, 2.75) is 18.8 Å². The second kappa shape index (κ2) is 7.28. The summed E-state index contributed by atoms with van der Waals surface area (Å²) in [5.41, 5.74) is 2.89. The smallest absolute Gasteiger partial charge is 0.471 e. The first-order valence-corrected chi connectivity index (χ1v) is 7.98. The van der Waals surface area contributed by atoms with Crippen LogP contribution in [-0.2, 0) is 11.3 Å². The summed E-state index contributed by atoms with van der Waals surface area (Å²) in [5.74, 6) is -1.97.